The fourth-order valence-electron chi connectivity index (χ4n) is 3.91. The lowest BCUT2D eigenvalue weighted by atomic mass is 10.1. The number of hydrogen-bond donors (Lipinski definition) is 1. The summed E-state index contributed by atoms with van der Waals surface area (Å²) in [6, 6.07) is 14.8. The lowest BCUT2D eigenvalue weighted by Gasteiger charge is -2.26. The molecule has 2 aliphatic rings. The zero-order valence-electron chi connectivity index (χ0n) is 19.9. The molecule has 5 rings (SSSR count). The molecule has 1 saturated heterocycles. The Balaban J connectivity index is 1.38. The molecule has 1 N–H and O–H groups in total. The summed E-state index contributed by atoms with van der Waals surface area (Å²) in [5.74, 6) is 0.741. The lowest BCUT2D eigenvalue weighted by Crippen LogP contribution is -2.54. The van der Waals surface area contributed by atoms with Crippen LogP contribution in [-0.2, 0) is 16.2 Å². The third-order valence-corrected chi connectivity index (χ3v) is 6.72. The maximum atomic E-state index is 13.2. The van der Waals surface area contributed by atoms with Crippen LogP contribution in [0.5, 0.6) is 23.0 Å². The number of fused-ring (bicyclic) bond motifs is 1. The Bertz CT molecular complexity index is 1470. The molecule has 1 fully saturated rings. The Hall–Kier alpha value is -4.31. The molecular weight excluding hydrogens is 544 g/mol. The zero-order valence-corrected chi connectivity index (χ0v) is 21.5. The molecule has 0 bridgehead atoms. The SMILES string of the molecule is COc1cc(/C=C2\C(=O)NC(=O)N(c3ccc(Br)c(C)c3)C2=O)ccc1OCc1ccc2c(c1)OCO2. The van der Waals surface area contributed by atoms with Gasteiger partial charge < -0.3 is 18.9 Å². The smallest absolute Gasteiger partial charge is 0.335 e. The highest BCUT2D eigenvalue weighted by Gasteiger charge is 2.37. The second kappa shape index (κ2) is 9.98. The molecule has 0 saturated carbocycles. The molecule has 0 aliphatic carbocycles. The number of amides is 4. The highest BCUT2D eigenvalue weighted by Crippen LogP contribution is 2.34. The molecular formula is C27H21BrN2O7. The first-order valence-electron chi connectivity index (χ1n) is 11.2. The third-order valence-electron chi connectivity index (χ3n) is 5.83. The highest BCUT2D eigenvalue weighted by atomic mass is 79.9. The molecule has 0 spiro atoms. The molecule has 0 unspecified atom stereocenters. The number of imide groups is 2. The number of hydrogen-bond acceptors (Lipinski definition) is 7. The summed E-state index contributed by atoms with van der Waals surface area (Å²) >= 11 is 3.40. The number of barbiturate groups is 1. The van der Waals surface area contributed by atoms with E-state index in [1.54, 1.807) is 36.4 Å². The third kappa shape index (κ3) is 4.88. The van der Waals surface area contributed by atoms with Gasteiger partial charge in [-0.05, 0) is 72.2 Å². The van der Waals surface area contributed by atoms with E-state index < -0.39 is 17.8 Å². The molecule has 2 heterocycles. The van der Waals surface area contributed by atoms with Crippen molar-refractivity contribution < 1.29 is 33.3 Å². The quantitative estimate of drug-likeness (QED) is 0.340. The van der Waals surface area contributed by atoms with Gasteiger partial charge in [0.15, 0.2) is 23.0 Å². The molecule has 0 atom stereocenters. The molecule has 3 aromatic carbocycles. The zero-order chi connectivity index (χ0) is 26.1. The van der Waals surface area contributed by atoms with Crippen molar-refractivity contribution in [1.29, 1.82) is 0 Å². The average Bonchev–Trinajstić information content (AvgIpc) is 3.35. The van der Waals surface area contributed by atoms with Crippen LogP contribution < -0.4 is 29.2 Å². The van der Waals surface area contributed by atoms with Crippen LogP contribution in [0.2, 0.25) is 0 Å². The van der Waals surface area contributed by atoms with E-state index in [1.165, 1.54) is 13.2 Å². The van der Waals surface area contributed by atoms with Crippen molar-refractivity contribution in [2.24, 2.45) is 0 Å². The van der Waals surface area contributed by atoms with Gasteiger partial charge in [0.1, 0.15) is 12.2 Å². The van der Waals surface area contributed by atoms with Crippen molar-refractivity contribution in [3.8, 4) is 23.0 Å². The van der Waals surface area contributed by atoms with E-state index >= 15 is 0 Å². The number of carbonyl (C=O) groups is 3. The standard InChI is InChI=1S/C27H21BrN2O7/c1-15-9-18(5-6-20(15)28)30-26(32)19(25(31)29-27(30)33)10-16-3-7-21(23(11-16)34-2)35-13-17-4-8-22-24(12-17)37-14-36-22/h3-12H,13-14H2,1-2H3,(H,29,31,33)/b19-10+. The van der Waals surface area contributed by atoms with Crippen LogP contribution in [0, 0.1) is 6.92 Å². The molecule has 3 aromatic rings. The van der Waals surface area contributed by atoms with Crippen LogP contribution in [0.15, 0.2) is 64.6 Å². The largest absolute Gasteiger partial charge is 0.493 e. The first-order valence-corrected chi connectivity index (χ1v) is 12.0. The number of aryl methyl sites for hydroxylation is 1. The number of rotatable bonds is 6. The van der Waals surface area contributed by atoms with Crippen molar-refractivity contribution in [3.05, 3.63) is 81.3 Å². The highest BCUT2D eigenvalue weighted by molar-refractivity contribution is 9.10. The van der Waals surface area contributed by atoms with Crippen molar-refractivity contribution >= 4 is 45.5 Å². The minimum Gasteiger partial charge on any atom is -0.493 e. The van der Waals surface area contributed by atoms with Crippen molar-refractivity contribution in [2.45, 2.75) is 13.5 Å². The fraction of sp³-hybridized carbons (Fsp3) is 0.148. The molecule has 188 valence electrons. The Morgan fingerprint density at radius 3 is 2.59 bits per heavy atom. The molecule has 0 aromatic heterocycles. The molecule has 37 heavy (non-hydrogen) atoms. The van der Waals surface area contributed by atoms with E-state index in [-0.39, 0.29) is 19.0 Å². The van der Waals surface area contributed by atoms with Crippen LogP contribution in [0.1, 0.15) is 16.7 Å². The van der Waals surface area contributed by atoms with Gasteiger partial charge in [0.05, 0.1) is 12.8 Å². The number of carbonyl (C=O) groups excluding carboxylic acids is 3. The van der Waals surface area contributed by atoms with Crippen molar-refractivity contribution in [1.82, 2.24) is 5.32 Å². The Morgan fingerprint density at radius 1 is 1.00 bits per heavy atom. The average molecular weight is 565 g/mol. The molecule has 0 radical (unpaired) electrons. The van der Waals surface area contributed by atoms with Gasteiger partial charge in [-0.3, -0.25) is 14.9 Å². The second-order valence-electron chi connectivity index (χ2n) is 8.28. The Kier molecular flexibility index (Phi) is 6.58. The summed E-state index contributed by atoms with van der Waals surface area (Å²) < 4.78 is 23.0. The first kappa shape index (κ1) is 24.4. The number of methoxy groups -OCH3 is 1. The summed E-state index contributed by atoms with van der Waals surface area (Å²) in [6.45, 7) is 2.29. The predicted octanol–water partition coefficient (Wildman–Crippen LogP) is 4.74. The maximum Gasteiger partial charge on any atom is 0.335 e. The van der Waals surface area contributed by atoms with E-state index in [0.717, 1.165) is 20.5 Å². The summed E-state index contributed by atoms with van der Waals surface area (Å²) in [5, 5.41) is 2.23. The Labute approximate surface area is 220 Å². The normalized spacial score (nSPS) is 15.7. The van der Waals surface area contributed by atoms with Gasteiger partial charge in [-0.15, -0.1) is 0 Å². The fourth-order valence-corrected chi connectivity index (χ4v) is 4.16. The summed E-state index contributed by atoms with van der Waals surface area (Å²) in [4.78, 5) is 39.2. The number of ether oxygens (including phenoxy) is 4. The van der Waals surface area contributed by atoms with Crippen LogP contribution in [0.3, 0.4) is 0 Å². The van der Waals surface area contributed by atoms with Crippen LogP contribution in [-0.4, -0.2) is 31.7 Å². The van der Waals surface area contributed by atoms with Gasteiger partial charge in [0.25, 0.3) is 11.8 Å². The lowest BCUT2D eigenvalue weighted by molar-refractivity contribution is -0.122. The van der Waals surface area contributed by atoms with E-state index in [4.69, 9.17) is 18.9 Å². The van der Waals surface area contributed by atoms with Crippen LogP contribution >= 0.6 is 15.9 Å². The second-order valence-corrected chi connectivity index (χ2v) is 9.13. The molecule has 4 amide bonds. The number of halogens is 1. The number of nitrogens with one attached hydrogen (secondary N) is 1. The summed E-state index contributed by atoms with van der Waals surface area (Å²) in [6.07, 6.45) is 1.41. The van der Waals surface area contributed by atoms with E-state index in [2.05, 4.69) is 21.2 Å². The van der Waals surface area contributed by atoms with Gasteiger partial charge in [-0.25, -0.2) is 9.69 Å². The minimum atomic E-state index is -0.807. The van der Waals surface area contributed by atoms with Gasteiger partial charge in [0.2, 0.25) is 6.79 Å². The first-order chi connectivity index (χ1) is 17.8. The topological polar surface area (TPSA) is 103 Å². The monoisotopic (exact) mass is 564 g/mol. The summed E-state index contributed by atoms with van der Waals surface area (Å²) in [7, 11) is 1.49. The predicted molar refractivity (Wildman–Crippen MR) is 138 cm³/mol. The van der Waals surface area contributed by atoms with E-state index in [1.807, 2.05) is 25.1 Å². The van der Waals surface area contributed by atoms with E-state index in [9.17, 15) is 14.4 Å². The maximum absolute atomic E-state index is 13.2. The van der Waals surface area contributed by atoms with Gasteiger partial charge in [0, 0.05) is 4.47 Å². The number of anilines is 1. The van der Waals surface area contributed by atoms with Crippen molar-refractivity contribution in [2.75, 3.05) is 18.8 Å². The number of urea groups is 1. The molecule has 10 heteroatoms. The number of nitrogens with zero attached hydrogens (tertiary/aromatic N) is 1. The van der Waals surface area contributed by atoms with Crippen LogP contribution in [0.25, 0.3) is 6.08 Å². The van der Waals surface area contributed by atoms with E-state index in [0.29, 0.717) is 34.2 Å². The van der Waals surface area contributed by atoms with Crippen molar-refractivity contribution in [3.63, 3.8) is 0 Å². The van der Waals surface area contributed by atoms with Gasteiger partial charge in [-0.1, -0.05) is 28.1 Å². The Morgan fingerprint density at radius 2 is 1.81 bits per heavy atom. The van der Waals surface area contributed by atoms with Crippen LogP contribution in [0.4, 0.5) is 10.5 Å². The van der Waals surface area contributed by atoms with Gasteiger partial charge in [-0.2, -0.15) is 0 Å². The van der Waals surface area contributed by atoms with Gasteiger partial charge >= 0.3 is 6.03 Å². The minimum absolute atomic E-state index is 0.184. The summed E-state index contributed by atoms with van der Waals surface area (Å²) in [5.41, 5.74) is 2.41. The molecule has 9 nitrogen and oxygen atoms in total. The number of benzene rings is 3. The molecule has 2 aliphatic heterocycles.